The highest BCUT2D eigenvalue weighted by Crippen LogP contribution is 2.35. The molecule has 9 nitrogen and oxygen atoms in total. The highest BCUT2D eigenvalue weighted by Gasteiger charge is 2.31. The molecule has 0 fully saturated rings. The molecule has 0 spiro atoms. The van der Waals surface area contributed by atoms with E-state index in [9.17, 15) is 28.2 Å². The number of carbonyl (C=O) groups is 1. The lowest BCUT2D eigenvalue weighted by atomic mass is 10.1. The minimum atomic E-state index is -4.66. The number of aromatic hydroxyl groups is 2. The number of rotatable bonds is 4. The van der Waals surface area contributed by atoms with Crippen LogP contribution in [0.2, 0.25) is 0 Å². The second kappa shape index (κ2) is 8.15. The smallest absolute Gasteiger partial charge is 0.416 e. The minimum absolute atomic E-state index is 0.00422. The Morgan fingerprint density at radius 1 is 0.970 bits per heavy atom. The van der Waals surface area contributed by atoms with Crippen LogP contribution in [0.1, 0.15) is 15.9 Å². The zero-order valence-electron chi connectivity index (χ0n) is 16.5. The number of phenols is 2. The molecule has 0 saturated carbocycles. The molecule has 0 radical (unpaired) electrons. The Kier molecular flexibility index (Phi) is 5.34. The number of hydrogen-bond acceptors (Lipinski definition) is 8. The van der Waals surface area contributed by atoms with Crippen molar-refractivity contribution in [2.45, 2.75) is 6.18 Å². The summed E-state index contributed by atoms with van der Waals surface area (Å²) in [6.45, 7) is 0. The molecule has 33 heavy (non-hydrogen) atoms. The van der Waals surface area contributed by atoms with Gasteiger partial charge in [-0.1, -0.05) is 0 Å². The fraction of sp³-hybridized carbons (Fsp3) is 0.0476. The Labute approximate surface area is 183 Å². The van der Waals surface area contributed by atoms with Crippen molar-refractivity contribution in [1.82, 2.24) is 15.0 Å². The van der Waals surface area contributed by atoms with E-state index in [0.717, 1.165) is 6.07 Å². The highest BCUT2D eigenvalue weighted by atomic mass is 19.4. The number of ether oxygens (including phenoxy) is 1. The van der Waals surface area contributed by atoms with Gasteiger partial charge in [-0.05, 0) is 36.4 Å². The second-order valence-corrected chi connectivity index (χ2v) is 6.72. The maximum atomic E-state index is 13.0. The predicted octanol–water partition coefficient (Wildman–Crippen LogP) is 4.08. The summed E-state index contributed by atoms with van der Waals surface area (Å²) in [5, 5.41) is 22.5. The third-order valence-electron chi connectivity index (χ3n) is 4.48. The first-order valence-corrected chi connectivity index (χ1v) is 9.22. The van der Waals surface area contributed by atoms with Crippen molar-refractivity contribution in [3.63, 3.8) is 0 Å². The van der Waals surface area contributed by atoms with Crippen LogP contribution in [0, 0.1) is 0 Å². The Bertz CT molecular complexity index is 1380. The van der Waals surface area contributed by atoms with Gasteiger partial charge in [0.05, 0.1) is 11.3 Å². The molecule has 168 valence electrons. The van der Waals surface area contributed by atoms with Gasteiger partial charge in [0.1, 0.15) is 17.0 Å². The van der Waals surface area contributed by atoms with E-state index in [0.29, 0.717) is 12.1 Å². The first kappa shape index (κ1) is 21.6. The number of hydrogen-bond donors (Lipinski definition) is 4. The number of halogens is 3. The van der Waals surface area contributed by atoms with E-state index in [4.69, 9.17) is 10.5 Å². The Hall–Kier alpha value is -4.61. The minimum Gasteiger partial charge on any atom is -0.506 e. The summed E-state index contributed by atoms with van der Waals surface area (Å²) >= 11 is 0. The summed E-state index contributed by atoms with van der Waals surface area (Å²) in [5.74, 6) is -1.53. The van der Waals surface area contributed by atoms with Crippen LogP contribution in [0.15, 0.2) is 54.7 Å². The number of benzene rings is 2. The molecule has 0 aliphatic carbocycles. The van der Waals surface area contributed by atoms with E-state index >= 15 is 0 Å². The maximum Gasteiger partial charge on any atom is 0.416 e. The average molecular weight is 457 g/mol. The van der Waals surface area contributed by atoms with Gasteiger partial charge >= 0.3 is 6.18 Å². The molecule has 5 N–H and O–H groups in total. The quantitative estimate of drug-likeness (QED) is 0.336. The number of anilines is 2. The van der Waals surface area contributed by atoms with Gasteiger partial charge in [0.15, 0.2) is 0 Å². The zero-order valence-corrected chi connectivity index (χ0v) is 16.5. The number of nitrogens with zero attached hydrogens (tertiary/aromatic N) is 3. The molecule has 0 unspecified atom stereocenters. The van der Waals surface area contributed by atoms with Crippen molar-refractivity contribution in [3.05, 3.63) is 65.9 Å². The number of phenolic OH excluding ortho intramolecular Hbond substituents is 2. The fourth-order valence-electron chi connectivity index (χ4n) is 2.96. The summed E-state index contributed by atoms with van der Waals surface area (Å²) in [6.07, 6.45) is -3.28. The lowest BCUT2D eigenvalue weighted by Gasteiger charge is -2.13. The average Bonchev–Trinajstić information content (AvgIpc) is 2.75. The van der Waals surface area contributed by atoms with Crippen LogP contribution in [0.3, 0.4) is 0 Å². The van der Waals surface area contributed by atoms with Crippen molar-refractivity contribution >= 4 is 28.4 Å². The largest absolute Gasteiger partial charge is 0.506 e. The van der Waals surface area contributed by atoms with E-state index in [1.807, 2.05) is 0 Å². The van der Waals surface area contributed by atoms with E-state index in [1.165, 1.54) is 36.5 Å². The summed E-state index contributed by atoms with van der Waals surface area (Å²) in [4.78, 5) is 24.6. The van der Waals surface area contributed by atoms with Crippen molar-refractivity contribution in [1.29, 1.82) is 0 Å². The third-order valence-corrected chi connectivity index (χ3v) is 4.48. The Balaban J connectivity index is 1.67. The first-order chi connectivity index (χ1) is 15.6. The number of alkyl halides is 3. The van der Waals surface area contributed by atoms with Crippen LogP contribution in [0.4, 0.5) is 24.8 Å². The molecule has 0 atom stereocenters. The van der Waals surface area contributed by atoms with Crippen molar-refractivity contribution in [3.8, 4) is 23.3 Å². The lowest BCUT2D eigenvalue weighted by Crippen LogP contribution is -2.14. The SMILES string of the molecule is Nc1nccc(Oc2ccc3c(C(=O)Nc4cc(C(F)(F)F)ccc4O)ccc(O)c3n2)n1. The molecule has 12 heteroatoms. The molecule has 1 amide bonds. The molecule has 4 rings (SSSR count). The molecule has 0 aliphatic rings. The van der Waals surface area contributed by atoms with Crippen LogP contribution >= 0.6 is 0 Å². The number of pyridine rings is 1. The molecule has 0 saturated heterocycles. The number of amides is 1. The zero-order chi connectivity index (χ0) is 23.8. The first-order valence-electron chi connectivity index (χ1n) is 9.22. The van der Waals surface area contributed by atoms with Crippen molar-refractivity contribution in [2.24, 2.45) is 0 Å². The number of nitrogen functional groups attached to an aromatic ring is 1. The predicted molar refractivity (Wildman–Crippen MR) is 111 cm³/mol. The number of carbonyl (C=O) groups excluding carboxylic acids is 1. The number of fused-ring (bicyclic) bond motifs is 1. The molecule has 2 heterocycles. The van der Waals surface area contributed by atoms with Gasteiger partial charge in [0.2, 0.25) is 17.7 Å². The van der Waals surface area contributed by atoms with Gasteiger partial charge in [-0.3, -0.25) is 4.79 Å². The summed E-state index contributed by atoms with van der Waals surface area (Å²) in [7, 11) is 0. The van der Waals surface area contributed by atoms with Crippen LogP contribution in [0.5, 0.6) is 23.3 Å². The van der Waals surface area contributed by atoms with Gasteiger partial charge < -0.3 is 26.0 Å². The topological polar surface area (TPSA) is 143 Å². The van der Waals surface area contributed by atoms with E-state index in [-0.39, 0.29) is 39.9 Å². The van der Waals surface area contributed by atoms with Crippen LogP contribution < -0.4 is 15.8 Å². The standard InChI is InChI=1S/C21H14F3N5O4/c22-21(23,24)10-1-4-14(30)13(9-10)27-19(32)12-2-5-15(31)18-11(12)3-6-16(28-18)33-17-7-8-26-20(25)29-17/h1-9,30-31H,(H,27,32)(H2,25,26,29). The summed E-state index contributed by atoms with van der Waals surface area (Å²) in [6, 6.07) is 8.88. The van der Waals surface area contributed by atoms with E-state index < -0.39 is 29.1 Å². The molecule has 0 bridgehead atoms. The third kappa shape index (κ3) is 4.54. The summed E-state index contributed by atoms with van der Waals surface area (Å²) < 4.78 is 44.4. The van der Waals surface area contributed by atoms with Gasteiger partial charge in [0, 0.05) is 29.3 Å². The van der Waals surface area contributed by atoms with Gasteiger partial charge in [-0.25, -0.2) is 9.97 Å². The maximum absolute atomic E-state index is 13.0. The molecule has 2 aromatic heterocycles. The van der Waals surface area contributed by atoms with Crippen LogP contribution in [-0.2, 0) is 6.18 Å². The Morgan fingerprint density at radius 2 is 1.70 bits per heavy atom. The fourth-order valence-corrected chi connectivity index (χ4v) is 2.96. The molecular weight excluding hydrogens is 443 g/mol. The summed E-state index contributed by atoms with van der Waals surface area (Å²) in [5.41, 5.74) is 4.02. The van der Waals surface area contributed by atoms with Crippen molar-refractivity contribution < 1.29 is 32.9 Å². The van der Waals surface area contributed by atoms with E-state index in [2.05, 4.69) is 20.3 Å². The molecule has 2 aromatic carbocycles. The van der Waals surface area contributed by atoms with E-state index in [1.54, 1.807) is 0 Å². The molecular formula is C21H14F3N5O4. The number of nitrogens with two attached hydrogens (primary N) is 1. The van der Waals surface area contributed by atoms with Gasteiger partial charge in [0.25, 0.3) is 5.91 Å². The van der Waals surface area contributed by atoms with Gasteiger partial charge in [-0.2, -0.15) is 18.2 Å². The van der Waals surface area contributed by atoms with Crippen LogP contribution in [0.25, 0.3) is 10.9 Å². The van der Waals surface area contributed by atoms with Crippen LogP contribution in [-0.4, -0.2) is 31.1 Å². The number of nitrogens with one attached hydrogen (secondary N) is 1. The Morgan fingerprint density at radius 3 is 2.42 bits per heavy atom. The second-order valence-electron chi connectivity index (χ2n) is 6.72. The van der Waals surface area contributed by atoms with Crippen molar-refractivity contribution in [2.75, 3.05) is 11.1 Å². The highest BCUT2D eigenvalue weighted by molar-refractivity contribution is 6.13. The number of aromatic nitrogens is 3. The lowest BCUT2D eigenvalue weighted by molar-refractivity contribution is -0.137. The van der Waals surface area contributed by atoms with Gasteiger partial charge in [-0.15, -0.1) is 0 Å². The molecule has 4 aromatic rings. The monoisotopic (exact) mass is 457 g/mol. The normalized spacial score (nSPS) is 11.4. The molecule has 0 aliphatic heterocycles.